The van der Waals surface area contributed by atoms with Crippen molar-refractivity contribution in [3.8, 4) is 0 Å². The van der Waals surface area contributed by atoms with Gasteiger partial charge in [-0.05, 0) is 22.4 Å². The average Bonchev–Trinajstić information content (AvgIpc) is 2.27. The van der Waals surface area contributed by atoms with Gasteiger partial charge in [-0.3, -0.25) is 4.79 Å². The number of nitrogens with two attached hydrogens (primary N) is 2. The fraction of sp³-hybridized carbons (Fsp3) is 0.0833. The second kappa shape index (κ2) is 3.71. The molecule has 0 saturated carbocycles. The third-order valence-electron chi connectivity index (χ3n) is 2.50. The molecule has 0 heterocycles. The van der Waals surface area contributed by atoms with Crippen molar-refractivity contribution < 1.29 is 4.79 Å². The molecule has 1 amide bonds. The van der Waals surface area contributed by atoms with E-state index >= 15 is 0 Å². The maximum Gasteiger partial charge on any atom is 0.249 e. The van der Waals surface area contributed by atoms with Gasteiger partial charge >= 0.3 is 0 Å². The summed E-state index contributed by atoms with van der Waals surface area (Å²) in [6, 6.07) is 11.2. The van der Waals surface area contributed by atoms with E-state index in [1.54, 1.807) is 6.07 Å². The average molecular weight is 200 g/mol. The highest BCUT2D eigenvalue weighted by atomic mass is 16.1. The van der Waals surface area contributed by atoms with Crippen molar-refractivity contribution in [2.45, 2.75) is 6.54 Å². The molecule has 0 unspecified atom stereocenters. The van der Waals surface area contributed by atoms with Crippen LogP contribution >= 0.6 is 0 Å². The Morgan fingerprint density at radius 2 is 1.73 bits per heavy atom. The van der Waals surface area contributed by atoms with E-state index in [0.29, 0.717) is 12.1 Å². The number of carbonyl (C=O) groups is 1. The number of hydrogen-bond acceptors (Lipinski definition) is 2. The molecule has 2 rings (SSSR count). The van der Waals surface area contributed by atoms with Crippen LogP contribution in [-0.4, -0.2) is 5.91 Å². The zero-order valence-electron chi connectivity index (χ0n) is 8.23. The summed E-state index contributed by atoms with van der Waals surface area (Å²) in [6.07, 6.45) is 0. The first-order valence-electron chi connectivity index (χ1n) is 4.74. The van der Waals surface area contributed by atoms with Gasteiger partial charge in [0.05, 0.1) is 0 Å². The number of primary amides is 1. The van der Waals surface area contributed by atoms with E-state index in [1.807, 2.05) is 30.3 Å². The third kappa shape index (κ3) is 1.57. The lowest BCUT2D eigenvalue weighted by atomic mass is 10.00. The van der Waals surface area contributed by atoms with Gasteiger partial charge in [0.15, 0.2) is 0 Å². The molecule has 0 fully saturated rings. The molecule has 15 heavy (non-hydrogen) atoms. The number of fused-ring (bicyclic) bond motifs is 1. The fourth-order valence-corrected chi connectivity index (χ4v) is 1.77. The Morgan fingerprint density at radius 3 is 2.40 bits per heavy atom. The second-order valence-corrected chi connectivity index (χ2v) is 3.39. The smallest absolute Gasteiger partial charge is 0.249 e. The molecule has 0 atom stereocenters. The van der Waals surface area contributed by atoms with Gasteiger partial charge < -0.3 is 11.5 Å². The molecule has 0 aliphatic rings. The molecule has 3 heteroatoms. The molecular formula is C12H12N2O. The molecule has 2 aromatic carbocycles. The van der Waals surface area contributed by atoms with E-state index in [9.17, 15) is 4.79 Å². The molecule has 0 radical (unpaired) electrons. The van der Waals surface area contributed by atoms with Gasteiger partial charge in [-0.1, -0.05) is 30.3 Å². The Kier molecular flexibility index (Phi) is 2.39. The minimum absolute atomic E-state index is 0.408. The molecule has 0 aromatic heterocycles. The summed E-state index contributed by atoms with van der Waals surface area (Å²) in [5.74, 6) is -0.408. The predicted octanol–water partition coefficient (Wildman–Crippen LogP) is 1.40. The summed E-state index contributed by atoms with van der Waals surface area (Å²) in [5.41, 5.74) is 12.5. The van der Waals surface area contributed by atoms with Gasteiger partial charge in [0.1, 0.15) is 0 Å². The van der Waals surface area contributed by atoms with Crippen LogP contribution in [0, 0.1) is 0 Å². The highest BCUT2D eigenvalue weighted by molar-refractivity contribution is 6.07. The van der Waals surface area contributed by atoms with Gasteiger partial charge in [-0.25, -0.2) is 0 Å². The largest absolute Gasteiger partial charge is 0.366 e. The van der Waals surface area contributed by atoms with Crippen molar-refractivity contribution in [1.82, 2.24) is 0 Å². The molecule has 0 saturated heterocycles. The molecule has 0 bridgehead atoms. The highest BCUT2D eigenvalue weighted by Gasteiger charge is 2.07. The lowest BCUT2D eigenvalue weighted by Gasteiger charge is -2.06. The first-order valence-corrected chi connectivity index (χ1v) is 4.74. The minimum Gasteiger partial charge on any atom is -0.366 e. The Labute approximate surface area is 87.7 Å². The van der Waals surface area contributed by atoms with E-state index < -0.39 is 5.91 Å². The van der Waals surface area contributed by atoms with E-state index in [-0.39, 0.29) is 0 Å². The van der Waals surface area contributed by atoms with Crippen LogP contribution in [0.1, 0.15) is 15.9 Å². The number of amides is 1. The molecule has 3 nitrogen and oxygen atoms in total. The van der Waals surface area contributed by atoms with E-state index in [1.165, 1.54) is 0 Å². The standard InChI is InChI=1S/C12H12N2O/c13-7-8-3-1-5-10-9(8)4-2-6-11(10)12(14)15/h1-6H,7,13H2,(H2,14,15). The molecule has 4 N–H and O–H groups in total. The monoisotopic (exact) mass is 200 g/mol. The Hall–Kier alpha value is -1.87. The van der Waals surface area contributed by atoms with Crippen molar-refractivity contribution in [2.75, 3.05) is 0 Å². The van der Waals surface area contributed by atoms with Gasteiger partial charge in [0.25, 0.3) is 0 Å². The van der Waals surface area contributed by atoms with Crippen molar-refractivity contribution >= 4 is 16.7 Å². The summed E-state index contributed by atoms with van der Waals surface area (Å²) >= 11 is 0. The van der Waals surface area contributed by atoms with E-state index in [2.05, 4.69) is 0 Å². The first kappa shape index (κ1) is 9.68. The van der Waals surface area contributed by atoms with Crippen molar-refractivity contribution in [3.63, 3.8) is 0 Å². The molecule has 0 aliphatic heterocycles. The highest BCUT2D eigenvalue weighted by Crippen LogP contribution is 2.21. The molecule has 0 spiro atoms. The van der Waals surface area contributed by atoms with Crippen LogP contribution in [0.25, 0.3) is 10.8 Å². The molecule has 0 aliphatic carbocycles. The summed E-state index contributed by atoms with van der Waals surface area (Å²) in [5, 5.41) is 1.87. The van der Waals surface area contributed by atoms with Crippen molar-refractivity contribution in [3.05, 3.63) is 47.5 Å². The van der Waals surface area contributed by atoms with Crippen LogP contribution < -0.4 is 11.5 Å². The normalized spacial score (nSPS) is 10.5. The van der Waals surface area contributed by atoms with Crippen LogP contribution in [0.5, 0.6) is 0 Å². The summed E-state index contributed by atoms with van der Waals surface area (Å²) in [7, 11) is 0. The van der Waals surface area contributed by atoms with Crippen molar-refractivity contribution in [2.24, 2.45) is 11.5 Å². The topological polar surface area (TPSA) is 69.1 Å². The Morgan fingerprint density at radius 1 is 1.07 bits per heavy atom. The lowest BCUT2D eigenvalue weighted by Crippen LogP contribution is -2.11. The Balaban J connectivity index is 2.82. The maximum absolute atomic E-state index is 11.2. The van der Waals surface area contributed by atoms with Crippen LogP contribution in [0.2, 0.25) is 0 Å². The third-order valence-corrected chi connectivity index (χ3v) is 2.50. The Bertz CT molecular complexity index is 520. The quantitative estimate of drug-likeness (QED) is 0.769. The van der Waals surface area contributed by atoms with E-state index in [0.717, 1.165) is 16.3 Å². The minimum atomic E-state index is -0.408. The van der Waals surface area contributed by atoms with Gasteiger partial charge in [0, 0.05) is 12.1 Å². The zero-order chi connectivity index (χ0) is 10.8. The fourth-order valence-electron chi connectivity index (χ4n) is 1.77. The van der Waals surface area contributed by atoms with Crippen LogP contribution in [0.15, 0.2) is 36.4 Å². The SMILES string of the molecule is NCc1cccc2c(C(N)=O)cccc12. The van der Waals surface area contributed by atoms with Gasteiger partial charge in [-0.2, -0.15) is 0 Å². The summed E-state index contributed by atoms with van der Waals surface area (Å²) < 4.78 is 0. The van der Waals surface area contributed by atoms with Crippen LogP contribution in [0.3, 0.4) is 0 Å². The number of rotatable bonds is 2. The zero-order valence-corrected chi connectivity index (χ0v) is 8.23. The number of carbonyl (C=O) groups excluding carboxylic acids is 1. The molecule has 2 aromatic rings. The molecular weight excluding hydrogens is 188 g/mol. The van der Waals surface area contributed by atoms with Crippen molar-refractivity contribution in [1.29, 1.82) is 0 Å². The summed E-state index contributed by atoms with van der Waals surface area (Å²) in [6.45, 7) is 0.458. The molecule has 76 valence electrons. The van der Waals surface area contributed by atoms with Crippen LogP contribution in [-0.2, 0) is 6.54 Å². The predicted molar refractivity (Wildman–Crippen MR) is 60.4 cm³/mol. The number of benzene rings is 2. The van der Waals surface area contributed by atoms with Gasteiger partial charge in [0.2, 0.25) is 5.91 Å². The second-order valence-electron chi connectivity index (χ2n) is 3.39. The van der Waals surface area contributed by atoms with Gasteiger partial charge in [-0.15, -0.1) is 0 Å². The summed E-state index contributed by atoms with van der Waals surface area (Å²) in [4.78, 5) is 11.2. The maximum atomic E-state index is 11.2. The van der Waals surface area contributed by atoms with Crippen LogP contribution in [0.4, 0.5) is 0 Å². The van der Waals surface area contributed by atoms with E-state index in [4.69, 9.17) is 11.5 Å². The number of hydrogen-bond donors (Lipinski definition) is 2. The first-order chi connectivity index (χ1) is 7.24. The lowest BCUT2D eigenvalue weighted by molar-refractivity contribution is 0.100.